The van der Waals surface area contributed by atoms with Gasteiger partial charge in [0.2, 0.25) is 0 Å². The number of aryl methyl sites for hydroxylation is 1. The second kappa shape index (κ2) is 19.2. The number of nitrogens with one attached hydrogen (secondary N) is 1. The Morgan fingerprint density at radius 2 is 1.43 bits per heavy atom. The van der Waals surface area contributed by atoms with Crippen LogP contribution in [0.4, 0.5) is 5.69 Å². The number of hydrogen-bond donors (Lipinski definition) is 3. The minimum absolute atomic E-state index is 0.0272. The summed E-state index contributed by atoms with van der Waals surface area (Å²) < 4.78 is 2.78. The quantitative estimate of drug-likeness (QED) is 0.0736. The molecule has 3 nitrogen and oxygen atoms in total. The summed E-state index contributed by atoms with van der Waals surface area (Å²) in [5, 5.41) is 2.77. The summed E-state index contributed by atoms with van der Waals surface area (Å²) in [7, 11) is 0. The van der Waals surface area contributed by atoms with Crippen LogP contribution in [0.3, 0.4) is 0 Å². The number of hydrazine groups is 1. The lowest BCUT2D eigenvalue weighted by molar-refractivity contribution is 0.637. The Balaban J connectivity index is 0.000000187. The molecule has 0 saturated carbocycles. The normalized spacial score (nSPS) is 17.3. The molecule has 266 valence electrons. The third kappa shape index (κ3) is 9.99. The minimum Gasteiger partial charge on any atom is -0.399 e. The maximum absolute atomic E-state index is 5.63. The first-order valence-electron chi connectivity index (χ1n) is 18.1. The third-order valence-electron chi connectivity index (χ3n) is 8.99. The Kier molecular flexibility index (Phi) is 13.9. The number of fused-ring (bicyclic) bond motifs is 3. The molecule has 0 amide bonds. The Morgan fingerprint density at radius 3 is 2.08 bits per heavy atom. The summed E-state index contributed by atoms with van der Waals surface area (Å²) >= 11 is 1.91. The lowest BCUT2D eigenvalue weighted by Crippen LogP contribution is -2.28. The van der Waals surface area contributed by atoms with E-state index in [9.17, 15) is 0 Å². The van der Waals surface area contributed by atoms with E-state index in [1.807, 2.05) is 85.9 Å². The Morgan fingerprint density at radius 1 is 0.755 bits per heavy atom. The second-order valence-electron chi connectivity index (χ2n) is 12.6. The van der Waals surface area contributed by atoms with Crippen molar-refractivity contribution in [2.24, 2.45) is 5.84 Å². The molecule has 3 aliphatic rings. The molecule has 0 saturated heterocycles. The zero-order valence-corrected chi connectivity index (χ0v) is 31.8. The molecule has 0 aliphatic heterocycles. The van der Waals surface area contributed by atoms with Gasteiger partial charge in [-0.05, 0) is 94.3 Å². The van der Waals surface area contributed by atoms with Crippen LogP contribution in [-0.2, 0) is 0 Å². The molecular weight excluding hydrogens is 663 g/mol. The van der Waals surface area contributed by atoms with Crippen molar-refractivity contribution in [2.45, 2.75) is 39.7 Å². The van der Waals surface area contributed by atoms with E-state index in [1.165, 1.54) is 47.7 Å². The molecule has 0 bridgehead atoms. The Hall–Kier alpha value is -5.74. The molecule has 1 atom stereocenters. The van der Waals surface area contributed by atoms with Gasteiger partial charge in [-0.25, -0.2) is 5.43 Å². The lowest BCUT2D eigenvalue weighted by Gasteiger charge is -2.15. The van der Waals surface area contributed by atoms with E-state index in [-0.39, 0.29) is 6.04 Å². The van der Waals surface area contributed by atoms with Crippen molar-refractivity contribution in [3.63, 3.8) is 0 Å². The van der Waals surface area contributed by atoms with Gasteiger partial charge in [0, 0.05) is 25.9 Å². The number of nitrogens with two attached hydrogens (primary N) is 2. The molecule has 1 aromatic heterocycles. The van der Waals surface area contributed by atoms with E-state index in [2.05, 4.69) is 128 Å². The summed E-state index contributed by atoms with van der Waals surface area (Å²) in [6.07, 6.45) is 18.9. The average Bonchev–Trinajstić information content (AvgIpc) is 3.96. The fourth-order valence-corrected chi connectivity index (χ4v) is 7.46. The summed E-state index contributed by atoms with van der Waals surface area (Å²) in [5.41, 5.74) is 22.9. The Bertz CT molecular complexity index is 2360. The van der Waals surface area contributed by atoms with Crippen LogP contribution in [0.15, 0.2) is 193 Å². The predicted octanol–water partition coefficient (Wildman–Crippen LogP) is 10.8. The van der Waals surface area contributed by atoms with E-state index < -0.39 is 0 Å². The molecule has 4 heteroatoms. The van der Waals surface area contributed by atoms with Gasteiger partial charge in [0.25, 0.3) is 0 Å². The lowest BCUT2D eigenvalue weighted by atomic mass is 9.97. The van der Waals surface area contributed by atoms with Gasteiger partial charge in [0.15, 0.2) is 0 Å². The van der Waals surface area contributed by atoms with Crippen molar-refractivity contribution in [1.82, 2.24) is 5.43 Å². The van der Waals surface area contributed by atoms with Gasteiger partial charge in [-0.1, -0.05) is 160 Å². The molecule has 1 heterocycles. The fraction of sp³-hybridized carbons (Fsp3) is 0.122. The van der Waals surface area contributed by atoms with Crippen molar-refractivity contribution >= 4 is 44.3 Å². The van der Waals surface area contributed by atoms with Gasteiger partial charge < -0.3 is 5.73 Å². The number of hydrogen-bond acceptors (Lipinski definition) is 4. The molecule has 8 rings (SSSR count). The molecule has 3 aliphatic carbocycles. The molecule has 0 radical (unpaired) electrons. The van der Waals surface area contributed by atoms with Crippen molar-refractivity contribution in [2.75, 3.05) is 5.73 Å². The predicted molar refractivity (Wildman–Crippen MR) is 232 cm³/mol. The summed E-state index contributed by atoms with van der Waals surface area (Å²) in [5.74, 6) is 5.53. The maximum Gasteiger partial charge on any atom is 0.0782 e. The SMILES string of the molecule is C=C1/C=C\C(C2=c3sc4ccccc4c3=CC2)=C/C/C(c2ccccc2)=C\C1=C.CC.Cc1ccccc1.NNC(C1=C=CC=C1)c1ccc(N)cc1. The van der Waals surface area contributed by atoms with Gasteiger partial charge >= 0.3 is 0 Å². The van der Waals surface area contributed by atoms with Crippen molar-refractivity contribution < 1.29 is 0 Å². The highest BCUT2D eigenvalue weighted by Crippen LogP contribution is 2.30. The van der Waals surface area contributed by atoms with E-state index in [1.54, 1.807) is 0 Å². The van der Waals surface area contributed by atoms with Gasteiger partial charge in [0.05, 0.1) is 6.04 Å². The first-order valence-corrected chi connectivity index (χ1v) is 18.9. The zero-order valence-electron chi connectivity index (χ0n) is 31.0. The van der Waals surface area contributed by atoms with Crippen LogP contribution in [0.5, 0.6) is 0 Å². The number of nitrogen functional groups attached to an aromatic ring is 1. The van der Waals surface area contributed by atoms with Gasteiger partial charge in [-0.2, -0.15) is 0 Å². The number of rotatable bonds is 5. The standard InChI is InChI=1S/C28H22S.C12H13N3.C7H8.C2H6/c1-19-12-13-22(14-15-23(18-20(19)2)21-8-4-3-5-9-21)24-16-17-26-25-10-6-7-11-27(25)29-28(24)26;13-11-7-5-10(6-8-11)12(15-14)9-3-1-2-4-9;1-7-5-3-2-4-6-7;1-2/h3-14,17-18H,1-2,15-16H2;1-3,5-8,12,15H,13-14H2;2-6H,1H3;1-2H3/b13-12-,22-14+,23-18+;;;. The molecule has 0 fully saturated rings. The van der Waals surface area contributed by atoms with Crippen LogP contribution in [-0.4, -0.2) is 0 Å². The molecule has 53 heavy (non-hydrogen) atoms. The van der Waals surface area contributed by atoms with E-state index in [0.29, 0.717) is 0 Å². The minimum atomic E-state index is -0.0272. The van der Waals surface area contributed by atoms with E-state index >= 15 is 0 Å². The number of allylic oxidation sites excluding steroid dienone is 9. The van der Waals surface area contributed by atoms with Gasteiger partial charge in [-0.3, -0.25) is 5.84 Å². The van der Waals surface area contributed by atoms with Crippen LogP contribution >= 0.6 is 11.3 Å². The van der Waals surface area contributed by atoms with Crippen LogP contribution in [0.1, 0.15) is 49.4 Å². The highest BCUT2D eigenvalue weighted by Gasteiger charge is 2.15. The first kappa shape index (κ1) is 38.5. The number of thiophene rings is 1. The summed E-state index contributed by atoms with van der Waals surface area (Å²) in [4.78, 5) is 0. The van der Waals surface area contributed by atoms with E-state index in [0.717, 1.165) is 40.8 Å². The van der Waals surface area contributed by atoms with Crippen molar-refractivity contribution in [3.05, 3.63) is 219 Å². The Labute approximate surface area is 319 Å². The van der Waals surface area contributed by atoms with Crippen LogP contribution in [0, 0.1) is 6.92 Å². The van der Waals surface area contributed by atoms with Crippen molar-refractivity contribution in [3.8, 4) is 0 Å². The highest BCUT2D eigenvalue weighted by molar-refractivity contribution is 7.17. The largest absolute Gasteiger partial charge is 0.399 e. The molecule has 4 aromatic carbocycles. The van der Waals surface area contributed by atoms with Crippen LogP contribution in [0.25, 0.3) is 27.3 Å². The molecular formula is C49H49N3S. The third-order valence-corrected chi connectivity index (χ3v) is 10.2. The van der Waals surface area contributed by atoms with E-state index in [4.69, 9.17) is 11.6 Å². The highest BCUT2D eigenvalue weighted by atomic mass is 32.1. The van der Waals surface area contributed by atoms with Crippen LogP contribution < -0.4 is 26.8 Å². The molecule has 5 N–H and O–H groups in total. The zero-order chi connectivity index (χ0) is 37.6. The summed E-state index contributed by atoms with van der Waals surface area (Å²) in [6, 6.07) is 37.2. The van der Waals surface area contributed by atoms with Gasteiger partial charge in [-0.15, -0.1) is 17.1 Å². The van der Waals surface area contributed by atoms with Crippen LogP contribution in [0.2, 0.25) is 0 Å². The van der Waals surface area contributed by atoms with Gasteiger partial charge in [0.1, 0.15) is 0 Å². The molecule has 5 aromatic rings. The summed E-state index contributed by atoms with van der Waals surface area (Å²) in [6.45, 7) is 14.6. The monoisotopic (exact) mass is 711 g/mol. The number of benzene rings is 4. The first-order chi connectivity index (χ1) is 25.9. The smallest absolute Gasteiger partial charge is 0.0782 e. The maximum atomic E-state index is 5.63. The molecule has 1 unspecified atom stereocenters. The molecule has 0 spiro atoms. The topological polar surface area (TPSA) is 64.1 Å². The fourth-order valence-electron chi connectivity index (χ4n) is 6.17. The second-order valence-corrected chi connectivity index (χ2v) is 13.6. The number of anilines is 1. The average molecular weight is 712 g/mol. The van der Waals surface area contributed by atoms with Crippen molar-refractivity contribution in [1.29, 1.82) is 0 Å².